The molecule has 0 aliphatic heterocycles. The lowest BCUT2D eigenvalue weighted by Crippen LogP contribution is -2.29. The first-order chi connectivity index (χ1) is 20.6. The Hall–Kier alpha value is -5.10. The standard InChI is InChI=1S/C37H27BN2O2/c1-24-10-20-36-32(22-24)30-6-2-4-8-34(30)39(36)28-16-11-25(12-17-28)26-13-18-29(19-14-26)40-35-9-5-3-7-31(35)33-23-27(38(41)42)15-21-37(33)40/h2-23,41-42H,1H3. The maximum atomic E-state index is 9.74. The summed E-state index contributed by atoms with van der Waals surface area (Å²) in [4.78, 5) is 0. The van der Waals surface area contributed by atoms with Gasteiger partial charge in [0.05, 0.1) is 22.1 Å². The van der Waals surface area contributed by atoms with Crippen molar-refractivity contribution in [2.45, 2.75) is 6.92 Å². The molecule has 0 spiro atoms. The van der Waals surface area contributed by atoms with Crippen LogP contribution in [0.1, 0.15) is 5.56 Å². The third-order valence-corrected chi connectivity index (χ3v) is 8.41. The number of hydrogen-bond donors (Lipinski definition) is 2. The van der Waals surface area contributed by atoms with Crippen molar-refractivity contribution in [3.63, 3.8) is 0 Å². The van der Waals surface area contributed by atoms with Crippen LogP contribution in [0.5, 0.6) is 0 Å². The summed E-state index contributed by atoms with van der Waals surface area (Å²) < 4.78 is 4.58. The second kappa shape index (κ2) is 9.49. The molecule has 2 aromatic heterocycles. The van der Waals surface area contributed by atoms with E-state index in [1.165, 1.54) is 27.4 Å². The molecule has 2 heterocycles. The smallest absolute Gasteiger partial charge is 0.423 e. The number of nitrogens with zero attached hydrogens (tertiary/aromatic N) is 2. The fraction of sp³-hybridized carbons (Fsp3) is 0.0270. The second-order valence-corrected chi connectivity index (χ2v) is 11.0. The van der Waals surface area contributed by atoms with E-state index in [4.69, 9.17) is 0 Å². The molecule has 0 bridgehead atoms. The van der Waals surface area contributed by atoms with Crippen molar-refractivity contribution in [2.24, 2.45) is 0 Å². The minimum atomic E-state index is -1.50. The van der Waals surface area contributed by atoms with Gasteiger partial charge in [-0.25, -0.2) is 0 Å². The number of aromatic nitrogens is 2. The van der Waals surface area contributed by atoms with E-state index in [0.29, 0.717) is 5.46 Å². The van der Waals surface area contributed by atoms with Crippen LogP contribution in [0.3, 0.4) is 0 Å². The topological polar surface area (TPSA) is 50.3 Å². The van der Waals surface area contributed by atoms with Crippen LogP contribution in [0.4, 0.5) is 0 Å². The summed E-state index contributed by atoms with van der Waals surface area (Å²) in [6.07, 6.45) is 0. The van der Waals surface area contributed by atoms with Gasteiger partial charge in [-0.3, -0.25) is 0 Å². The molecule has 0 radical (unpaired) electrons. The Morgan fingerprint density at radius 2 is 0.905 bits per heavy atom. The maximum Gasteiger partial charge on any atom is 0.488 e. The van der Waals surface area contributed by atoms with Crippen molar-refractivity contribution in [2.75, 3.05) is 0 Å². The number of aryl methyl sites for hydroxylation is 1. The lowest BCUT2D eigenvalue weighted by Gasteiger charge is -2.11. The number of rotatable bonds is 4. The molecule has 4 nitrogen and oxygen atoms in total. The van der Waals surface area contributed by atoms with Crippen molar-refractivity contribution in [3.8, 4) is 22.5 Å². The predicted octanol–water partition coefficient (Wildman–Crippen LogP) is 7.54. The van der Waals surface area contributed by atoms with Gasteiger partial charge in [-0.15, -0.1) is 0 Å². The van der Waals surface area contributed by atoms with Crippen molar-refractivity contribution >= 4 is 56.2 Å². The first kappa shape index (κ1) is 24.7. The van der Waals surface area contributed by atoms with Crippen LogP contribution >= 0.6 is 0 Å². The van der Waals surface area contributed by atoms with E-state index in [1.54, 1.807) is 6.07 Å². The van der Waals surface area contributed by atoms with Gasteiger partial charge in [-0.2, -0.15) is 0 Å². The summed E-state index contributed by atoms with van der Waals surface area (Å²) in [5.41, 5.74) is 10.8. The Morgan fingerprint density at radius 3 is 1.43 bits per heavy atom. The van der Waals surface area contributed by atoms with Crippen molar-refractivity contribution < 1.29 is 10.0 Å². The summed E-state index contributed by atoms with van der Waals surface area (Å²) >= 11 is 0. The normalized spacial score (nSPS) is 11.7. The molecule has 0 aliphatic rings. The highest BCUT2D eigenvalue weighted by Gasteiger charge is 2.17. The quantitative estimate of drug-likeness (QED) is 0.226. The molecule has 0 saturated carbocycles. The zero-order chi connectivity index (χ0) is 28.4. The van der Waals surface area contributed by atoms with Crippen molar-refractivity contribution in [1.29, 1.82) is 0 Å². The van der Waals surface area contributed by atoms with Crippen LogP contribution in [0.15, 0.2) is 133 Å². The molecule has 8 rings (SSSR count). The molecule has 42 heavy (non-hydrogen) atoms. The molecule has 0 fully saturated rings. The number of benzene rings is 6. The van der Waals surface area contributed by atoms with Gasteiger partial charge in [0.2, 0.25) is 0 Å². The van der Waals surface area contributed by atoms with Crippen LogP contribution in [0.2, 0.25) is 0 Å². The van der Waals surface area contributed by atoms with E-state index < -0.39 is 7.12 Å². The first-order valence-corrected chi connectivity index (χ1v) is 14.2. The van der Waals surface area contributed by atoms with E-state index in [9.17, 15) is 10.0 Å². The van der Waals surface area contributed by atoms with Gasteiger partial charge in [-0.05, 0) is 78.1 Å². The third-order valence-electron chi connectivity index (χ3n) is 8.41. The van der Waals surface area contributed by atoms with Crippen molar-refractivity contribution in [1.82, 2.24) is 9.13 Å². The van der Waals surface area contributed by atoms with E-state index in [1.807, 2.05) is 24.3 Å². The van der Waals surface area contributed by atoms with Gasteiger partial charge in [-0.1, -0.05) is 84.4 Å². The van der Waals surface area contributed by atoms with E-state index in [0.717, 1.165) is 44.3 Å². The summed E-state index contributed by atoms with van der Waals surface area (Å²) in [5, 5.41) is 24.1. The molecule has 6 aromatic carbocycles. The maximum absolute atomic E-state index is 9.74. The fourth-order valence-corrected chi connectivity index (χ4v) is 6.40. The average Bonchev–Trinajstić information content (AvgIpc) is 3.53. The van der Waals surface area contributed by atoms with Crippen LogP contribution in [-0.2, 0) is 0 Å². The molecule has 5 heteroatoms. The highest BCUT2D eigenvalue weighted by Crippen LogP contribution is 2.35. The van der Waals surface area contributed by atoms with Gasteiger partial charge >= 0.3 is 7.12 Å². The van der Waals surface area contributed by atoms with Crippen LogP contribution in [0.25, 0.3) is 66.1 Å². The zero-order valence-electron chi connectivity index (χ0n) is 23.1. The minimum absolute atomic E-state index is 0.486. The van der Waals surface area contributed by atoms with Gasteiger partial charge in [0, 0.05) is 32.9 Å². The van der Waals surface area contributed by atoms with Gasteiger partial charge < -0.3 is 19.2 Å². The fourth-order valence-electron chi connectivity index (χ4n) is 6.40. The first-order valence-electron chi connectivity index (χ1n) is 14.2. The molecule has 200 valence electrons. The van der Waals surface area contributed by atoms with Crippen LogP contribution < -0.4 is 5.46 Å². The van der Waals surface area contributed by atoms with E-state index in [-0.39, 0.29) is 0 Å². The average molecular weight is 542 g/mol. The predicted molar refractivity (Wildman–Crippen MR) is 175 cm³/mol. The molecular weight excluding hydrogens is 515 g/mol. The largest absolute Gasteiger partial charge is 0.488 e. The molecule has 0 aliphatic carbocycles. The molecule has 0 atom stereocenters. The SMILES string of the molecule is Cc1ccc2c(c1)c1ccccc1n2-c1ccc(-c2ccc(-n3c4ccccc4c4cc(B(O)O)ccc43)cc2)cc1. The van der Waals surface area contributed by atoms with Crippen LogP contribution in [0, 0.1) is 6.92 Å². The number of hydrogen-bond acceptors (Lipinski definition) is 2. The third kappa shape index (κ3) is 3.79. The van der Waals surface area contributed by atoms with Crippen molar-refractivity contribution in [3.05, 3.63) is 139 Å². The van der Waals surface area contributed by atoms with Crippen LogP contribution in [-0.4, -0.2) is 26.3 Å². The van der Waals surface area contributed by atoms with Gasteiger partial charge in [0.1, 0.15) is 0 Å². The summed E-state index contributed by atoms with van der Waals surface area (Å²) in [6.45, 7) is 2.14. The lowest BCUT2D eigenvalue weighted by molar-refractivity contribution is 0.426. The zero-order valence-corrected chi connectivity index (χ0v) is 23.1. The Bertz CT molecular complexity index is 2280. The highest BCUT2D eigenvalue weighted by atomic mass is 16.4. The molecular formula is C37H27BN2O2. The number of fused-ring (bicyclic) bond motifs is 6. The Balaban J connectivity index is 1.18. The summed E-state index contributed by atoms with van der Waals surface area (Å²) in [6, 6.07) is 46.6. The summed E-state index contributed by atoms with van der Waals surface area (Å²) in [5.74, 6) is 0. The molecule has 0 saturated heterocycles. The highest BCUT2D eigenvalue weighted by molar-refractivity contribution is 6.59. The molecule has 0 amide bonds. The van der Waals surface area contributed by atoms with E-state index >= 15 is 0 Å². The summed E-state index contributed by atoms with van der Waals surface area (Å²) in [7, 11) is -1.50. The van der Waals surface area contributed by atoms with Gasteiger partial charge in [0.15, 0.2) is 0 Å². The monoisotopic (exact) mass is 542 g/mol. The Kier molecular flexibility index (Phi) is 5.57. The minimum Gasteiger partial charge on any atom is -0.423 e. The molecule has 2 N–H and O–H groups in total. The molecule has 0 unspecified atom stereocenters. The van der Waals surface area contributed by atoms with Gasteiger partial charge in [0.25, 0.3) is 0 Å². The van der Waals surface area contributed by atoms with E-state index in [2.05, 4.69) is 119 Å². The molecule has 8 aromatic rings. The second-order valence-electron chi connectivity index (χ2n) is 11.0. The number of para-hydroxylation sites is 2. The Morgan fingerprint density at radius 1 is 0.452 bits per heavy atom. The Labute approximate surface area is 243 Å². The lowest BCUT2D eigenvalue weighted by atomic mass is 9.80.